The van der Waals surface area contributed by atoms with E-state index in [9.17, 15) is 10.1 Å². The van der Waals surface area contributed by atoms with Crippen LogP contribution in [0.2, 0.25) is 0 Å². The Balaban J connectivity index is 1.14. The fourth-order valence-corrected chi connectivity index (χ4v) is 10.6. The molecule has 2 saturated heterocycles. The third-order valence-electron chi connectivity index (χ3n) is 11.8. The molecule has 8 rings (SSSR count). The first-order valence-corrected chi connectivity index (χ1v) is 19.7. The lowest BCUT2D eigenvalue weighted by Crippen LogP contribution is -2.58. The molecule has 53 heavy (non-hydrogen) atoms. The van der Waals surface area contributed by atoms with Gasteiger partial charge in [0.2, 0.25) is 5.91 Å². The highest BCUT2D eigenvalue weighted by Gasteiger charge is 2.49. The molecular formula is C40H47N9O3S. The summed E-state index contributed by atoms with van der Waals surface area (Å²) in [5, 5.41) is 15.5. The largest absolute Gasteiger partial charge is 0.459 e. The zero-order chi connectivity index (χ0) is 36.9. The minimum atomic E-state index is -0.429. The Morgan fingerprint density at radius 1 is 1.19 bits per heavy atom. The molecule has 4 aromatic rings. The Labute approximate surface area is 314 Å². The van der Waals surface area contributed by atoms with Gasteiger partial charge in [-0.3, -0.25) is 14.7 Å². The molecule has 2 fully saturated rings. The Hall–Kier alpha value is -4.80. The van der Waals surface area contributed by atoms with Gasteiger partial charge < -0.3 is 24.8 Å². The lowest BCUT2D eigenvalue weighted by molar-refractivity contribution is -0.130. The fourth-order valence-electron chi connectivity index (χ4n) is 9.44. The third kappa shape index (κ3) is 6.35. The Bertz CT molecular complexity index is 2060. The van der Waals surface area contributed by atoms with Gasteiger partial charge in [0.05, 0.1) is 11.0 Å². The number of thiophene rings is 1. The van der Waals surface area contributed by atoms with E-state index < -0.39 is 5.41 Å². The Morgan fingerprint density at radius 2 is 1.98 bits per heavy atom. The molecule has 276 valence electrons. The van der Waals surface area contributed by atoms with Gasteiger partial charge >= 0.3 is 6.01 Å². The number of aromatic nitrogens is 4. The zero-order valence-corrected chi connectivity index (χ0v) is 31.7. The minimum absolute atomic E-state index is 0.0311. The number of hydrogen-bond donors (Lipinski definition) is 1. The molecule has 0 aromatic carbocycles. The number of amides is 1. The molecule has 0 saturated carbocycles. The second-order valence-electron chi connectivity index (χ2n) is 15.3. The van der Waals surface area contributed by atoms with E-state index in [0.717, 1.165) is 86.2 Å². The van der Waals surface area contributed by atoms with E-state index in [1.165, 1.54) is 4.88 Å². The molecule has 0 bridgehead atoms. The molecule has 12 nitrogen and oxygen atoms in total. The highest BCUT2D eigenvalue weighted by atomic mass is 32.1. The van der Waals surface area contributed by atoms with E-state index in [-0.39, 0.29) is 30.1 Å². The minimum Gasteiger partial charge on any atom is -0.459 e. The van der Waals surface area contributed by atoms with E-state index in [0.29, 0.717) is 41.1 Å². The molecule has 2 aliphatic carbocycles. The van der Waals surface area contributed by atoms with Crippen molar-refractivity contribution < 1.29 is 14.1 Å². The van der Waals surface area contributed by atoms with Crippen LogP contribution in [0.4, 0.5) is 10.8 Å². The molecule has 13 heteroatoms. The van der Waals surface area contributed by atoms with Crippen LogP contribution < -0.4 is 15.4 Å². The highest BCUT2D eigenvalue weighted by Crippen LogP contribution is 2.55. The van der Waals surface area contributed by atoms with Crippen LogP contribution >= 0.6 is 11.3 Å². The van der Waals surface area contributed by atoms with Crippen LogP contribution in [0.15, 0.2) is 41.2 Å². The topological polar surface area (TPSA) is 151 Å². The van der Waals surface area contributed by atoms with Crippen molar-refractivity contribution >= 4 is 34.1 Å². The second kappa shape index (κ2) is 14.2. The number of nitrogens with two attached hydrogens (primary N) is 1. The predicted molar refractivity (Wildman–Crippen MR) is 205 cm³/mol. The van der Waals surface area contributed by atoms with Crippen molar-refractivity contribution in [3.05, 3.63) is 69.6 Å². The number of nitriles is 1. The van der Waals surface area contributed by atoms with Crippen LogP contribution in [0.25, 0.3) is 17.5 Å². The molecule has 2 N–H and O–H groups in total. The van der Waals surface area contributed by atoms with Crippen LogP contribution in [0.1, 0.15) is 92.2 Å². The van der Waals surface area contributed by atoms with Gasteiger partial charge in [-0.1, -0.05) is 11.2 Å². The molecule has 1 amide bonds. The number of anilines is 2. The van der Waals surface area contributed by atoms with Crippen LogP contribution in [0.3, 0.4) is 0 Å². The third-order valence-corrected chi connectivity index (χ3v) is 12.9. The highest BCUT2D eigenvalue weighted by molar-refractivity contribution is 7.16. The SMILES string of the molecule is C[C@H](Oc1nc(-c2noc3c2CCC[C@@]32CCCc3sc(N)c(C#N)c32)cc(N2C[C@H](C)N(C(=O)/C=C/c3cccnc3)[C@@H](C)C2)n1)[C@@H]1CCCN1C. The average Bonchev–Trinajstić information content (AvgIpc) is 3.88. The molecule has 0 unspecified atom stereocenters. The molecule has 2 aliphatic heterocycles. The van der Waals surface area contributed by atoms with Gasteiger partial charge in [0.1, 0.15) is 34.4 Å². The summed E-state index contributed by atoms with van der Waals surface area (Å²) in [4.78, 5) is 35.3. The summed E-state index contributed by atoms with van der Waals surface area (Å²) in [6.45, 7) is 8.47. The second-order valence-corrected chi connectivity index (χ2v) is 16.4. The smallest absolute Gasteiger partial charge is 0.319 e. The number of carbonyl (C=O) groups excluding carboxylic acids is 1. The summed E-state index contributed by atoms with van der Waals surface area (Å²) in [6.07, 6.45) is 14.4. The quantitative estimate of drug-likeness (QED) is 0.223. The molecule has 0 radical (unpaired) electrons. The van der Waals surface area contributed by atoms with E-state index in [1.54, 1.807) is 29.8 Å². The molecule has 4 aliphatic rings. The number of nitrogens with zero attached hydrogens (tertiary/aromatic N) is 8. The van der Waals surface area contributed by atoms with Gasteiger partial charge in [0.25, 0.3) is 0 Å². The van der Waals surface area contributed by atoms with E-state index >= 15 is 0 Å². The van der Waals surface area contributed by atoms with Crippen molar-refractivity contribution in [2.45, 2.75) is 102 Å². The summed E-state index contributed by atoms with van der Waals surface area (Å²) < 4.78 is 12.9. The summed E-state index contributed by atoms with van der Waals surface area (Å²) in [6, 6.07) is 8.62. The van der Waals surface area contributed by atoms with Crippen LogP contribution in [-0.4, -0.2) is 86.7 Å². The van der Waals surface area contributed by atoms with E-state index in [2.05, 4.69) is 48.7 Å². The zero-order valence-electron chi connectivity index (χ0n) is 30.9. The first kappa shape index (κ1) is 35.2. The van der Waals surface area contributed by atoms with E-state index in [4.69, 9.17) is 30.1 Å². The number of likely N-dealkylation sites (tertiary alicyclic amines) is 1. The lowest BCUT2D eigenvalue weighted by atomic mass is 9.63. The van der Waals surface area contributed by atoms with Crippen LogP contribution in [-0.2, 0) is 23.1 Å². The van der Waals surface area contributed by atoms with Crippen molar-refractivity contribution in [2.75, 3.05) is 37.3 Å². The number of aryl methyl sites for hydroxylation is 1. The molecule has 6 heterocycles. The van der Waals surface area contributed by atoms with Gasteiger partial charge in [-0.25, -0.2) is 0 Å². The van der Waals surface area contributed by atoms with Gasteiger partial charge in [-0.05, 0) is 109 Å². The number of fused-ring (bicyclic) bond motifs is 4. The standard InChI is InChI=1S/C40H47N9O3S/c1-24-22-48(23-25(2)49(24)34(50)14-13-27-9-7-17-43-21-27)33-19-30(44-39(45-33)51-26(3)31-11-8-18-47(31)4)36-28-10-5-15-40(37(28)52-46-36)16-6-12-32-35(40)29(20-41)38(42)53-32/h7,9,13-14,17,19,21,24-26,31H,5-6,8,10-12,15-16,18,22-23,42H2,1-4H3/b14-13+/t24-,25-,26-,31-,40-/m0/s1. The summed E-state index contributed by atoms with van der Waals surface area (Å²) in [7, 11) is 2.14. The van der Waals surface area contributed by atoms with Crippen LogP contribution in [0.5, 0.6) is 6.01 Å². The Morgan fingerprint density at radius 3 is 2.70 bits per heavy atom. The van der Waals surface area contributed by atoms with Gasteiger partial charge in [-0.2, -0.15) is 15.2 Å². The van der Waals surface area contributed by atoms with Gasteiger partial charge in [0, 0.05) is 66.2 Å². The first-order valence-electron chi connectivity index (χ1n) is 18.9. The summed E-state index contributed by atoms with van der Waals surface area (Å²) in [5.41, 5.74) is 10.9. The number of nitrogen functional groups attached to an aromatic ring is 1. The van der Waals surface area contributed by atoms with Gasteiger partial charge in [0.15, 0.2) is 5.76 Å². The number of ether oxygens (including phenoxy) is 1. The number of carbonyl (C=O) groups is 1. The number of pyridine rings is 1. The maximum atomic E-state index is 13.5. The number of rotatable bonds is 7. The van der Waals surface area contributed by atoms with Crippen molar-refractivity contribution in [3.8, 4) is 23.5 Å². The Kier molecular flexibility index (Phi) is 9.45. The number of hydrogen-bond acceptors (Lipinski definition) is 12. The average molecular weight is 734 g/mol. The molecule has 4 aromatic heterocycles. The summed E-state index contributed by atoms with van der Waals surface area (Å²) >= 11 is 1.54. The van der Waals surface area contributed by atoms with Crippen LogP contribution in [0, 0.1) is 11.3 Å². The van der Waals surface area contributed by atoms with Crippen molar-refractivity contribution in [1.82, 2.24) is 29.9 Å². The predicted octanol–water partition coefficient (Wildman–Crippen LogP) is 6.00. The number of likely N-dealkylation sites (N-methyl/N-ethyl adjacent to an activating group) is 1. The maximum Gasteiger partial charge on any atom is 0.319 e. The van der Waals surface area contributed by atoms with Gasteiger partial charge in [-0.15, -0.1) is 11.3 Å². The van der Waals surface area contributed by atoms with Crippen molar-refractivity contribution in [1.29, 1.82) is 5.26 Å². The normalized spacial score (nSPS) is 25.0. The van der Waals surface area contributed by atoms with Crippen molar-refractivity contribution in [2.24, 2.45) is 0 Å². The first-order chi connectivity index (χ1) is 25.7. The summed E-state index contributed by atoms with van der Waals surface area (Å²) in [5.74, 6) is 1.54. The molecular weight excluding hydrogens is 687 g/mol. The molecule has 5 atom stereocenters. The number of piperazine rings is 1. The van der Waals surface area contributed by atoms with E-state index in [1.807, 2.05) is 29.2 Å². The fraction of sp³-hybridized carbons (Fsp3) is 0.500. The van der Waals surface area contributed by atoms with Crippen molar-refractivity contribution in [3.63, 3.8) is 0 Å². The lowest BCUT2D eigenvalue weighted by Gasteiger charge is -2.44. The monoisotopic (exact) mass is 733 g/mol. The molecule has 1 spiro atoms. The maximum absolute atomic E-state index is 13.5.